The lowest BCUT2D eigenvalue weighted by molar-refractivity contribution is 0.335. The molecule has 0 amide bonds. The smallest absolute Gasteiger partial charge is 0.126 e. The van der Waals surface area contributed by atoms with Gasteiger partial charge in [-0.05, 0) is 37.6 Å². The zero-order valence-corrected chi connectivity index (χ0v) is 11.6. The number of rotatable bonds is 3. The third-order valence-corrected chi connectivity index (χ3v) is 3.27. The van der Waals surface area contributed by atoms with E-state index in [1.165, 1.54) is 11.3 Å². The molecule has 0 radical (unpaired) electrons. The number of benzene rings is 1. The van der Waals surface area contributed by atoms with Crippen LogP contribution in [-0.2, 0) is 0 Å². The second kappa shape index (κ2) is 5.30. The molecule has 0 heterocycles. The molecule has 0 bridgehead atoms. The maximum atomic E-state index is 5.95. The van der Waals surface area contributed by atoms with Gasteiger partial charge in [0.15, 0.2) is 0 Å². The molecule has 18 heavy (non-hydrogen) atoms. The lowest BCUT2D eigenvalue weighted by atomic mass is 9.97. The van der Waals surface area contributed by atoms with E-state index in [-0.39, 0.29) is 0 Å². The highest BCUT2D eigenvalue weighted by Gasteiger charge is 2.17. The van der Waals surface area contributed by atoms with Gasteiger partial charge in [0, 0.05) is 25.7 Å². The molecule has 0 fully saturated rings. The number of ether oxygens (including phenoxy) is 1. The van der Waals surface area contributed by atoms with Crippen LogP contribution in [0.15, 0.2) is 47.9 Å². The average Bonchev–Trinajstić information content (AvgIpc) is 2.34. The molecular weight excluding hydrogens is 222 g/mol. The Morgan fingerprint density at radius 2 is 1.78 bits per heavy atom. The molecule has 0 aromatic heterocycles. The number of nitrogens with zero attached hydrogens (tertiary/aromatic N) is 1. The molecular formula is C16H21NO. The zero-order valence-electron chi connectivity index (χ0n) is 11.6. The van der Waals surface area contributed by atoms with Crippen molar-refractivity contribution in [3.8, 4) is 5.75 Å². The SMILES string of the molecule is Cc1ccc(OC2=CC=C(N(C)C)CC2C)cc1. The maximum absolute atomic E-state index is 5.95. The van der Waals surface area contributed by atoms with E-state index in [0.29, 0.717) is 5.92 Å². The van der Waals surface area contributed by atoms with E-state index >= 15 is 0 Å². The summed E-state index contributed by atoms with van der Waals surface area (Å²) in [5.41, 5.74) is 2.60. The van der Waals surface area contributed by atoms with Crippen molar-refractivity contribution in [2.24, 2.45) is 5.92 Å². The first-order valence-corrected chi connectivity index (χ1v) is 6.39. The Balaban J connectivity index is 2.12. The van der Waals surface area contributed by atoms with Crippen LogP contribution in [0.1, 0.15) is 18.9 Å². The Hall–Kier alpha value is -1.70. The summed E-state index contributed by atoms with van der Waals surface area (Å²) in [6.07, 6.45) is 5.26. The first-order chi connectivity index (χ1) is 8.56. The number of allylic oxidation sites excluding steroid dienone is 4. The second-order valence-corrected chi connectivity index (χ2v) is 5.14. The van der Waals surface area contributed by atoms with Crippen LogP contribution < -0.4 is 4.74 Å². The predicted octanol–water partition coefficient (Wildman–Crippen LogP) is 3.74. The third kappa shape index (κ3) is 2.95. The lowest BCUT2D eigenvalue weighted by Crippen LogP contribution is -2.18. The van der Waals surface area contributed by atoms with Crippen LogP contribution >= 0.6 is 0 Å². The maximum Gasteiger partial charge on any atom is 0.126 e. The fourth-order valence-corrected chi connectivity index (χ4v) is 2.03. The first kappa shape index (κ1) is 12.7. The molecule has 1 unspecified atom stereocenters. The average molecular weight is 243 g/mol. The number of hydrogen-bond donors (Lipinski definition) is 0. The van der Waals surface area contributed by atoms with Gasteiger partial charge >= 0.3 is 0 Å². The van der Waals surface area contributed by atoms with Crippen molar-refractivity contribution in [3.63, 3.8) is 0 Å². The van der Waals surface area contributed by atoms with Gasteiger partial charge in [-0.3, -0.25) is 0 Å². The third-order valence-electron chi connectivity index (χ3n) is 3.27. The van der Waals surface area contributed by atoms with Gasteiger partial charge in [-0.25, -0.2) is 0 Å². The van der Waals surface area contributed by atoms with Crippen molar-refractivity contribution in [1.29, 1.82) is 0 Å². The number of aryl methyl sites for hydroxylation is 1. The van der Waals surface area contributed by atoms with Gasteiger partial charge in [0.1, 0.15) is 11.5 Å². The normalized spacial score (nSPS) is 19.0. The van der Waals surface area contributed by atoms with E-state index < -0.39 is 0 Å². The quantitative estimate of drug-likeness (QED) is 0.801. The molecule has 2 heteroatoms. The van der Waals surface area contributed by atoms with E-state index in [9.17, 15) is 0 Å². The van der Waals surface area contributed by atoms with Crippen molar-refractivity contribution < 1.29 is 4.74 Å². The summed E-state index contributed by atoms with van der Waals surface area (Å²) in [7, 11) is 4.16. The summed E-state index contributed by atoms with van der Waals surface area (Å²) in [6.45, 7) is 4.29. The highest BCUT2D eigenvalue weighted by molar-refractivity contribution is 5.30. The van der Waals surface area contributed by atoms with E-state index in [0.717, 1.165) is 17.9 Å². The fraction of sp³-hybridized carbons (Fsp3) is 0.375. The molecule has 0 spiro atoms. The molecule has 1 aliphatic rings. The van der Waals surface area contributed by atoms with Gasteiger partial charge in [0.05, 0.1) is 0 Å². The predicted molar refractivity (Wildman–Crippen MR) is 75.4 cm³/mol. The molecule has 1 aromatic carbocycles. The molecule has 2 nitrogen and oxygen atoms in total. The zero-order chi connectivity index (χ0) is 13.1. The van der Waals surface area contributed by atoms with Crippen molar-refractivity contribution in [1.82, 2.24) is 4.90 Å². The summed E-state index contributed by atoms with van der Waals surface area (Å²) >= 11 is 0. The van der Waals surface area contributed by atoms with Crippen molar-refractivity contribution >= 4 is 0 Å². The van der Waals surface area contributed by atoms with Crippen LogP contribution in [-0.4, -0.2) is 19.0 Å². The molecule has 1 atom stereocenters. The Kier molecular flexibility index (Phi) is 3.75. The Morgan fingerprint density at radius 1 is 1.11 bits per heavy atom. The highest BCUT2D eigenvalue weighted by atomic mass is 16.5. The molecule has 0 N–H and O–H groups in total. The Morgan fingerprint density at radius 3 is 2.33 bits per heavy atom. The molecule has 1 aliphatic carbocycles. The minimum absolute atomic E-state index is 0.425. The second-order valence-electron chi connectivity index (χ2n) is 5.14. The summed E-state index contributed by atoms with van der Waals surface area (Å²) in [5.74, 6) is 2.39. The van der Waals surface area contributed by atoms with Crippen LogP contribution in [0.4, 0.5) is 0 Å². The number of hydrogen-bond acceptors (Lipinski definition) is 2. The summed E-state index contributed by atoms with van der Waals surface area (Å²) in [6, 6.07) is 8.19. The van der Waals surface area contributed by atoms with E-state index in [2.05, 4.69) is 57.1 Å². The van der Waals surface area contributed by atoms with Crippen molar-refractivity contribution in [2.75, 3.05) is 14.1 Å². The van der Waals surface area contributed by atoms with Gasteiger partial charge in [0.25, 0.3) is 0 Å². The minimum Gasteiger partial charge on any atom is -0.461 e. The molecule has 0 saturated carbocycles. The largest absolute Gasteiger partial charge is 0.461 e. The monoisotopic (exact) mass is 243 g/mol. The first-order valence-electron chi connectivity index (χ1n) is 6.39. The summed E-state index contributed by atoms with van der Waals surface area (Å²) in [5, 5.41) is 0. The van der Waals surface area contributed by atoms with Gasteiger partial charge in [0.2, 0.25) is 0 Å². The van der Waals surface area contributed by atoms with E-state index in [1.807, 2.05) is 12.1 Å². The molecule has 0 aliphatic heterocycles. The standard InChI is InChI=1S/C16H21NO/c1-12-5-8-15(9-6-12)18-16-10-7-14(17(3)4)11-13(16)2/h5-10,13H,11H2,1-4H3. The van der Waals surface area contributed by atoms with Gasteiger partial charge < -0.3 is 9.64 Å². The van der Waals surface area contributed by atoms with Crippen molar-refractivity contribution in [2.45, 2.75) is 20.3 Å². The Bertz CT molecular complexity index is 468. The van der Waals surface area contributed by atoms with Crippen LogP contribution in [0.5, 0.6) is 5.75 Å². The summed E-state index contributed by atoms with van der Waals surface area (Å²) in [4.78, 5) is 2.16. The van der Waals surface area contributed by atoms with Crippen LogP contribution in [0.25, 0.3) is 0 Å². The van der Waals surface area contributed by atoms with E-state index in [1.54, 1.807) is 0 Å². The Labute approximate surface area is 110 Å². The van der Waals surface area contributed by atoms with Gasteiger partial charge in [-0.15, -0.1) is 0 Å². The molecule has 0 saturated heterocycles. The van der Waals surface area contributed by atoms with Crippen LogP contribution in [0.3, 0.4) is 0 Å². The molecule has 1 aromatic rings. The summed E-state index contributed by atoms with van der Waals surface area (Å²) < 4.78 is 5.95. The minimum atomic E-state index is 0.425. The van der Waals surface area contributed by atoms with E-state index in [4.69, 9.17) is 4.74 Å². The molecule has 96 valence electrons. The molecule has 2 rings (SSSR count). The van der Waals surface area contributed by atoms with Gasteiger partial charge in [-0.2, -0.15) is 0 Å². The van der Waals surface area contributed by atoms with Crippen LogP contribution in [0, 0.1) is 12.8 Å². The highest BCUT2D eigenvalue weighted by Crippen LogP contribution is 2.28. The van der Waals surface area contributed by atoms with Gasteiger partial charge in [-0.1, -0.05) is 24.6 Å². The fourth-order valence-electron chi connectivity index (χ4n) is 2.03. The van der Waals surface area contributed by atoms with Crippen molar-refractivity contribution in [3.05, 3.63) is 53.4 Å². The lowest BCUT2D eigenvalue weighted by Gasteiger charge is -2.26. The topological polar surface area (TPSA) is 12.5 Å². The van der Waals surface area contributed by atoms with Crippen LogP contribution in [0.2, 0.25) is 0 Å².